The van der Waals surface area contributed by atoms with Gasteiger partial charge < -0.3 is 64.2 Å². The van der Waals surface area contributed by atoms with Crippen molar-refractivity contribution >= 4 is 0 Å². The third-order valence-electron chi connectivity index (χ3n) is 16.4. The van der Waals surface area contributed by atoms with Gasteiger partial charge in [-0.25, -0.2) is 0 Å². The Labute approximate surface area is 327 Å². The minimum atomic E-state index is -1.70. The Morgan fingerprint density at radius 1 is 0.709 bits per heavy atom. The molecule has 318 valence electrons. The van der Waals surface area contributed by atoms with Crippen LogP contribution in [0.1, 0.15) is 113 Å². The van der Waals surface area contributed by atoms with Crippen LogP contribution in [0.25, 0.3) is 0 Å². The van der Waals surface area contributed by atoms with Gasteiger partial charge in [0.2, 0.25) is 0 Å². The summed E-state index contributed by atoms with van der Waals surface area (Å²) >= 11 is 0. The molecule has 2 heterocycles. The first kappa shape index (κ1) is 43.8. The Balaban J connectivity index is 1.23. The van der Waals surface area contributed by atoms with Crippen molar-refractivity contribution in [3.8, 4) is 0 Å². The maximum atomic E-state index is 12.2. The van der Waals surface area contributed by atoms with Crippen LogP contribution >= 0.6 is 0 Å². The quantitative estimate of drug-likeness (QED) is 0.126. The minimum Gasteiger partial charge on any atom is -0.393 e. The lowest BCUT2D eigenvalue weighted by Gasteiger charge is -2.70. The molecule has 55 heavy (non-hydrogen) atoms. The summed E-state index contributed by atoms with van der Waals surface area (Å²) in [6.45, 7) is 17.9. The molecular formula is C42H72O13. The molecule has 4 saturated carbocycles. The highest BCUT2D eigenvalue weighted by Gasteiger charge is 2.71. The average Bonchev–Trinajstić information content (AvgIpc) is 3.50. The number of rotatable bonds is 10. The number of fused-ring (bicyclic) bond motifs is 5. The van der Waals surface area contributed by atoms with E-state index >= 15 is 0 Å². The van der Waals surface area contributed by atoms with E-state index in [1.165, 1.54) is 19.8 Å². The van der Waals surface area contributed by atoms with Crippen molar-refractivity contribution in [2.45, 2.75) is 193 Å². The first-order valence-electron chi connectivity index (χ1n) is 20.7. The van der Waals surface area contributed by atoms with Gasteiger partial charge in [0.1, 0.15) is 36.6 Å². The molecule has 0 amide bonds. The van der Waals surface area contributed by atoms with Crippen molar-refractivity contribution < 1.29 is 64.2 Å². The van der Waals surface area contributed by atoms with Gasteiger partial charge in [0, 0.05) is 14.2 Å². The first-order chi connectivity index (χ1) is 25.6. The van der Waals surface area contributed by atoms with Crippen LogP contribution in [0.15, 0.2) is 11.6 Å². The van der Waals surface area contributed by atoms with E-state index in [9.17, 15) is 35.7 Å². The fourth-order valence-corrected chi connectivity index (χ4v) is 13.2. The lowest BCUT2D eigenvalue weighted by molar-refractivity contribution is -0.408. The summed E-state index contributed by atoms with van der Waals surface area (Å²) in [5.41, 5.74) is -0.291. The van der Waals surface area contributed by atoms with Crippen molar-refractivity contribution in [2.75, 3.05) is 14.2 Å². The lowest BCUT2D eigenvalue weighted by atomic mass is 9.35. The molecule has 0 radical (unpaired) electrons. The molecular weight excluding hydrogens is 712 g/mol. The molecule has 0 aromatic rings. The van der Waals surface area contributed by atoms with Crippen molar-refractivity contribution in [1.29, 1.82) is 0 Å². The Kier molecular flexibility index (Phi) is 12.5. The third kappa shape index (κ3) is 7.20. The zero-order valence-electron chi connectivity index (χ0n) is 34.8. The largest absolute Gasteiger partial charge is 0.393 e. The van der Waals surface area contributed by atoms with Crippen LogP contribution in [0, 0.1) is 45.3 Å². The summed E-state index contributed by atoms with van der Waals surface area (Å²) in [7, 11) is 2.63. The monoisotopic (exact) mass is 784 g/mol. The molecule has 4 aliphatic carbocycles. The highest BCUT2D eigenvalue weighted by atomic mass is 16.8. The van der Waals surface area contributed by atoms with Crippen molar-refractivity contribution in [2.24, 2.45) is 45.3 Å². The molecule has 2 aliphatic heterocycles. The van der Waals surface area contributed by atoms with Crippen molar-refractivity contribution in [3.05, 3.63) is 11.6 Å². The minimum absolute atomic E-state index is 0.0226. The molecule has 20 unspecified atom stereocenters. The van der Waals surface area contributed by atoms with E-state index in [0.717, 1.165) is 38.5 Å². The topological polar surface area (TPSA) is 197 Å². The normalized spacial score (nSPS) is 52.0. The smallest absolute Gasteiger partial charge is 0.190 e. The van der Waals surface area contributed by atoms with E-state index in [4.69, 9.17) is 28.4 Å². The van der Waals surface area contributed by atoms with Crippen LogP contribution in [0.5, 0.6) is 0 Å². The summed E-state index contributed by atoms with van der Waals surface area (Å²) in [5.74, 6) is 0.523. The number of methoxy groups -OCH3 is 2. The summed E-state index contributed by atoms with van der Waals surface area (Å²) in [4.78, 5) is 0. The Morgan fingerprint density at radius 3 is 1.91 bits per heavy atom. The van der Waals surface area contributed by atoms with Gasteiger partial charge in [-0.05, 0) is 124 Å². The van der Waals surface area contributed by atoms with Gasteiger partial charge in [0.15, 0.2) is 25.2 Å². The maximum Gasteiger partial charge on any atom is 0.190 e. The van der Waals surface area contributed by atoms with E-state index in [1.54, 1.807) is 0 Å². The average molecular weight is 785 g/mol. The number of allylic oxidation sites excluding steroid dienone is 2. The molecule has 13 heteroatoms. The van der Waals surface area contributed by atoms with Gasteiger partial charge >= 0.3 is 0 Å². The predicted octanol–water partition coefficient (Wildman–Crippen LogP) is 3.37. The van der Waals surface area contributed by atoms with E-state index in [1.807, 2.05) is 6.92 Å². The zero-order valence-corrected chi connectivity index (χ0v) is 34.8. The van der Waals surface area contributed by atoms with Crippen LogP contribution in [0.3, 0.4) is 0 Å². The highest BCUT2D eigenvalue weighted by molar-refractivity contribution is 5.20. The third-order valence-corrected chi connectivity index (χ3v) is 16.4. The van der Waals surface area contributed by atoms with E-state index in [2.05, 4.69) is 54.5 Å². The molecule has 0 aromatic heterocycles. The first-order valence-corrected chi connectivity index (χ1v) is 20.7. The molecule has 6 rings (SSSR count). The van der Waals surface area contributed by atoms with Crippen LogP contribution in [0.2, 0.25) is 0 Å². The van der Waals surface area contributed by atoms with Crippen LogP contribution < -0.4 is 0 Å². The Hall–Kier alpha value is -0.780. The number of aliphatic hydroxyl groups is 7. The molecule has 7 N–H and O–H groups in total. The Bertz CT molecular complexity index is 1370. The van der Waals surface area contributed by atoms with Crippen molar-refractivity contribution in [1.82, 2.24) is 0 Å². The molecule has 13 nitrogen and oxygen atoms in total. The van der Waals surface area contributed by atoms with Gasteiger partial charge in [-0.1, -0.05) is 46.3 Å². The van der Waals surface area contributed by atoms with Crippen molar-refractivity contribution in [3.63, 3.8) is 0 Å². The molecule has 2 saturated heterocycles. The maximum absolute atomic E-state index is 12.2. The fraction of sp³-hybridized carbons (Fsp3) is 0.952. The second kappa shape index (κ2) is 15.7. The summed E-state index contributed by atoms with van der Waals surface area (Å²) < 4.78 is 35.1. The number of aliphatic hydroxyl groups excluding tert-OH is 6. The molecule has 0 aromatic carbocycles. The van der Waals surface area contributed by atoms with Gasteiger partial charge in [0.05, 0.1) is 17.8 Å². The molecule has 0 bridgehead atoms. The highest BCUT2D eigenvalue weighted by Crippen LogP contribution is 2.76. The molecule has 20 atom stereocenters. The van der Waals surface area contributed by atoms with E-state index in [0.29, 0.717) is 19.3 Å². The predicted molar refractivity (Wildman–Crippen MR) is 201 cm³/mol. The van der Waals surface area contributed by atoms with E-state index < -0.39 is 78.9 Å². The van der Waals surface area contributed by atoms with Crippen LogP contribution in [-0.2, 0) is 28.4 Å². The molecule has 6 aliphatic rings. The van der Waals surface area contributed by atoms with Crippen LogP contribution in [0.4, 0.5) is 0 Å². The van der Waals surface area contributed by atoms with Gasteiger partial charge in [-0.3, -0.25) is 0 Å². The second-order valence-corrected chi connectivity index (χ2v) is 19.9. The summed E-state index contributed by atoms with van der Waals surface area (Å²) in [6.07, 6.45) is -5.91. The van der Waals surface area contributed by atoms with Gasteiger partial charge in [-0.2, -0.15) is 0 Å². The zero-order chi connectivity index (χ0) is 40.6. The van der Waals surface area contributed by atoms with Gasteiger partial charge in [-0.15, -0.1) is 0 Å². The second-order valence-electron chi connectivity index (χ2n) is 19.9. The Morgan fingerprint density at radius 2 is 1.29 bits per heavy atom. The standard InChI is InChI=1S/C42H72O13/c1-21(2)12-11-16-42(8,49)22-13-18-41(7)27(22)23(43)20-25-39(5)17-15-26(38(3,4)24(39)14-19-40(25,41)6)52-37-33(29(45)32(48)35(51-10)55-37)53-36-31(47)28(44)30(46)34(50-9)54-36/h12,22-37,43-49H,11,13-20H2,1-10H3. The van der Waals surface area contributed by atoms with Gasteiger partial charge in [0.25, 0.3) is 0 Å². The lowest BCUT2D eigenvalue weighted by Crippen LogP contribution is -2.67. The number of hydrogen-bond acceptors (Lipinski definition) is 13. The summed E-state index contributed by atoms with van der Waals surface area (Å²) in [6, 6.07) is 0. The SMILES string of the molecule is COC1OC(OC2C(OC3CCC4(C)C(CCC5(C)C4CC(O)C4C(C(C)(O)CCC=C(C)C)CCC45C)C3(C)C)OC(OC)C(O)C2O)C(O)C(O)C1O. The van der Waals surface area contributed by atoms with Crippen LogP contribution in [-0.4, -0.2) is 130 Å². The molecule has 6 fully saturated rings. The number of hydrogen-bond donors (Lipinski definition) is 7. The molecule has 0 spiro atoms. The van der Waals surface area contributed by atoms with E-state index in [-0.39, 0.29) is 46.0 Å². The summed E-state index contributed by atoms with van der Waals surface area (Å²) in [5, 5.41) is 77.9. The number of ether oxygens (including phenoxy) is 6. The fourth-order valence-electron chi connectivity index (χ4n) is 13.2.